The maximum Gasteiger partial charge on any atom is 0.268 e. The van der Waals surface area contributed by atoms with Crippen LogP contribution < -0.4 is 5.32 Å². The van der Waals surface area contributed by atoms with Crippen molar-refractivity contribution < 1.29 is 4.79 Å². The highest BCUT2D eigenvalue weighted by molar-refractivity contribution is 6.35. The Labute approximate surface area is 216 Å². The molecule has 0 saturated carbocycles. The second kappa shape index (κ2) is 9.59. The van der Waals surface area contributed by atoms with Gasteiger partial charge >= 0.3 is 0 Å². The van der Waals surface area contributed by atoms with Gasteiger partial charge in [-0.1, -0.05) is 64.6 Å². The van der Waals surface area contributed by atoms with Crippen molar-refractivity contribution in [1.29, 1.82) is 0 Å². The molecule has 1 aliphatic rings. The third kappa shape index (κ3) is 4.80. The molecule has 0 bridgehead atoms. The highest BCUT2D eigenvalue weighted by Gasteiger charge is 2.34. The molecule has 1 amide bonds. The predicted octanol–water partition coefficient (Wildman–Crippen LogP) is 8.22. The Bertz CT molecular complexity index is 1400. The third-order valence-electron chi connectivity index (χ3n) is 5.87. The van der Waals surface area contributed by atoms with Crippen LogP contribution in [0.2, 0.25) is 20.1 Å². The Morgan fingerprint density at radius 3 is 2.35 bits per heavy atom. The number of azo groups is 1. The van der Waals surface area contributed by atoms with Crippen molar-refractivity contribution in [3.63, 3.8) is 0 Å². The van der Waals surface area contributed by atoms with E-state index in [4.69, 9.17) is 46.4 Å². The molecule has 9 heteroatoms. The van der Waals surface area contributed by atoms with E-state index in [1.54, 1.807) is 30.3 Å². The largest absolute Gasteiger partial charge is 0.351 e. The van der Waals surface area contributed by atoms with Crippen LogP contribution in [0.4, 0.5) is 0 Å². The molecule has 5 nitrogen and oxygen atoms in total. The first-order valence-electron chi connectivity index (χ1n) is 10.6. The molecule has 4 aromatic rings. The Hall–Kier alpha value is -2.57. The van der Waals surface area contributed by atoms with E-state index in [9.17, 15) is 4.79 Å². The molecule has 3 unspecified atom stereocenters. The minimum absolute atomic E-state index is 0.136. The Morgan fingerprint density at radius 1 is 0.882 bits per heavy atom. The number of rotatable bonds is 5. The molecule has 34 heavy (non-hydrogen) atoms. The van der Waals surface area contributed by atoms with Gasteiger partial charge in [0.2, 0.25) is 0 Å². The van der Waals surface area contributed by atoms with Gasteiger partial charge < -0.3 is 10.3 Å². The fourth-order valence-corrected chi connectivity index (χ4v) is 4.99. The fourth-order valence-electron chi connectivity index (χ4n) is 4.16. The van der Waals surface area contributed by atoms with Crippen LogP contribution in [0, 0.1) is 0 Å². The minimum Gasteiger partial charge on any atom is -0.351 e. The minimum atomic E-state index is -0.506. The molecule has 0 fully saturated rings. The zero-order chi connectivity index (χ0) is 23.8. The van der Waals surface area contributed by atoms with Gasteiger partial charge in [-0.2, -0.15) is 10.2 Å². The van der Waals surface area contributed by atoms with Crippen LogP contribution in [0.1, 0.15) is 40.1 Å². The standard InChI is InChI=1S/C25H18Cl4N4O/c26-15-3-1-13(2-4-15)21-12-22(33-32-21)24(18-7-5-17(28)11-19(18)29)31-25(34)23-10-14-9-16(27)6-8-20(14)30-23/h1-11,21-22,24,30H,12H2,(H,31,34). The monoisotopic (exact) mass is 530 g/mol. The second-order valence-corrected chi connectivity index (χ2v) is 9.85. The fraction of sp³-hybridized carbons (Fsp3) is 0.160. The Morgan fingerprint density at radius 2 is 1.59 bits per heavy atom. The quantitative estimate of drug-likeness (QED) is 0.267. The molecule has 0 radical (unpaired) electrons. The van der Waals surface area contributed by atoms with E-state index in [0.717, 1.165) is 22.0 Å². The number of hydrogen-bond donors (Lipinski definition) is 2. The number of fused-ring (bicyclic) bond motifs is 1. The lowest BCUT2D eigenvalue weighted by molar-refractivity contribution is 0.0926. The zero-order valence-corrected chi connectivity index (χ0v) is 20.6. The SMILES string of the molecule is O=C(NC(c1ccc(Cl)cc1Cl)C1CC(c2ccc(Cl)cc2)N=N1)c1cc2cc(Cl)ccc2[nH]1. The van der Waals surface area contributed by atoms with Crippen LogP contribution in [-0.4, -0.2) is 16.9 Å². The molecule has 2 heterocycles. The molecule has 0 saturated heterocycles. The number of hydrogen-bond acceptors (Lipinski definition) is 3. The molecule has 3 aromatic carbocycles. The average molecular weight is 532 g/mol. The number of halogens is 4. The molecule has 172 valence electrons. The summed E-state index contributed by atoms with van der Waals surface area (Å²) in [6, 6.07) is 19.0. The lowest BCUT2D eigenvalue weighted by Gasteiger charge is -2.24. The molecular weight excluding hydrogens is 514 g/mol. The average Bonchev–Trinajstić information content (AvgIpc) is 3.45. The van der Waals surface area contributed by atoms with E-state index in [-0.39, 0.29) is 18.0 Å². The zero-order valence-electron chi connectivity index (χ0n) is 17.6. The summed E-state index contributed by atoms with van der Waals surface area (Å²) in [5, 5.41) is 15.2. The number of H-pyrrole nitrogens is 1. The van der Waals surface area contributed by atoms with E-state index in [1.807, 2.05) is 36.4 Å². The molecule has 3 atom stereocenters. The van der Waals surface area contributed by atoms with Gasteiger partial charge in [-0.3, -0.25) is 4.79 Å². The third-order valence-corrected chi connectivity index (χ3v) is 6.92. The van der Waals surface area contributed by atoms with Crippen LogP contribution in [0.25, 0.3) is 10.9 Å². The van der Waals surface area contributed by atoms with E-state index in [1.165, 1.54) is 0 Å². The van der Waals surface area contributed by atoms with Gasteiger partial charge in [0.1, 0.15) is 5.69 Å². The smallest absolute Gasteiger partial charge is 0.268 e. The summed E-state index contributed by atoms with van der Waals surface area (Å²) >= 11 is 24.8. The highest BCUT2D eigenvalue weighted by atomic mass is 35.5. The normalized spacial score (nSPS) is 18.4. The first-order chi connectivity index (χ1) is 16.4. The highest BCUT2D eigenvalue weighted by Crippen LogP contribution is 2.39. The number of amides is 1. The van der Waals surface area contributed by atoms with Gasteiger partial charge in [0.05, 0.1) is 18.1 Å². The van der Waals surface area contributed by atoms with E-state index in [2.05, 4.69) is 20.5 Å². The van der Waals surface area contributed by atoms with Crippen molar-refractivity contribution in [3.05, 3.63) is 104 Å². The summed E-state index contributed by atoms with van der Waals surface area (Å²) in [6.45, 7) is 0. The summed E-state index contributed by atoms with van der Waals surface area (Å²) < 4.78 is 0. The van der Waals surface area contributed by atoms with Crippen molar-refractivity contribution >= 4 is 63.2 Å². The van der Waals surface area contributed by atoms with Gasteiger partial charge in [0.25, 0.3) is 5.91 Å². The van der Waals surface area contributed by atoms with Crippen LogP contribution in [-0.2, 0) is 0 Å². The van der Waals surface area contributed by atoms with Crippen LogP contribution in [0.5, 0.6) is 0 Å². The number of aromatic amines is 1. The summed E-state index contributed by atoms with van der Waals surface area (Å²) in [5.41, 5.74) is 2.96. The maximum absolute atomic E-state index is 13.3. The Balaban J connectivity index is 1.44. The van der Waals surface area contributed by atoms with Crippen LogP contribution in [0.3, 0.4) is 0 Å². The van der Waals surface area contributed by atoms with Gasteiger partial charge in [0.15, 0.2) is 0 Å². The first kappa shape index (κ1) is 23.2. The topological polar surface area (TPSA) is 69.6 Å². The number of carbonyl (C=O) groups excluding carboxylic acids is 1. The lowest BCUT2D eigenvalue weighted by Crippen LogP contribution is -2.35. The molecule has 1 aromatic heterocycles. The van der Waals surface area contributed by atoms with Crippen molar-refractivity contribution in [2.45, 2.75) is 24.5 Å². The summed E-state index contributed by atoms with van der Waals surface area (Å²) in [4.78, 5) is 16.4. The molecule has 0 aliphatic carbocycles. The van der Waals surface area contributed by atoms with Gasteiger partial charge in [-0.05, 0) is 59.7 Å². The van der Waals surface area contributed by atoms with Gasteiger partial charge in [-0.15, -0.1) is 0 Å². The van der Waals surface area contributed by atoms with Gasteiger partial charge in [0, 0.05) is 37.4 Å². The number of benzene rings is 3. The number of carbonyl (C=O) groups is 1. The molecular formula is C25H18Cl4N4O. The van der Waals surface area contributed by atoms with Crippen LogP contribution in [0.15, 0.2) is 77.0 Å². The van der Waals surface area contributed by atoms with Crippen molar-refractivity contribution in [2.24, 2.45) is 10.2 Å². The molecule has 2 N–H and O–H groups in total. The number of nitrogens with one attached hydrogen (secondary N) is 2. The number of nitrogens with zero attached hydrogens (tertiary/aromatic N) is 2. The first-order valence-corrected chi connectivity index (χ1v) is 12.1. The summed E-state index contributed by atoms with van der Waals surface area (Å²) in [7, 11) is 0. The predicted molar refractivity (Wildman–Crippen MR) is 137 cm³/mol. The van der Waals surface area contributed by atoms with Crippen molar-refractivity contribution in [1.82, 2.24) is 10.3 Å². The maximum atomic E-state index is 13.3. The van der Waals surface area contributed by atoms with E-state index < -0.39 is 6.04 Å². The van der Waals surface area contributed by atoms with Crippen molar-refractivity contribution in [2.75, 3.05) is 0 Å². The molecule has 5 rings (SSSR count). The lowest BCUT2D eigenvalue weighted by atomic mass is 9.93. The van der Waals surface area contributed by atoms with E-state index in [0.29, 0.717) is 32.2 Å². The van der Waals surface area contributed by atoms with Crippen LogP contribution >= 0.6 is 46.4 Å². The van der Waals surface area contributed by atoms with Crippen molar-refractivity contribution in [3.8, 4) is 0 Å². The summed E-state index contributed by atoms with van der Waals surface area (Å²) in [6.07, 6.45) is 0.605. The molecule has 0 spiro atoms. The number of aromatic nitrogens is 1. The Kier molecular flexibility index (Phi) is 6.54. The summed E-state index contributed by atoms with van der Waals surface area (Å²) in [5.74, 6) is -0.284. The molecule has 1 aliphatic heterocycles. The second-order valence-electron chi connectivity index (χ2n) is 8.13. The van der Waals surface area contributed by atoms with E-state index >= 15 is 0 Å². The van der Waals surface area contributed by atoms with Gasteiger partial charge in [-0.25, -0.2) is 0 Å².